The molecule has 0 amide bonds. The molecule has 1 saturated carbocycles. The van der Waals surface area contributed by atoms with Gasteiger partial charge >= 0.3 is 0 Å². The first kappa shape index (κ1) is 15.5. The van der Waals surface area contributed by atoms with Crippen LogP contribution in [0, 0.1) is 11.7 Å². The van der Waals surface area contributed by atoms with E-state index in [2.05, 4.69) is 9.97 Å². The highest BCUT2D eigenvalue weighted by atomic mass is 32.2. The van der Waals surface area contributed by atoms with Crippen molar-refractivity contribution in [3.8, 4) is 11.1 Å². The van der Waals surface area contributed by atoms with Gasteiger partial charge in [-0.05, 0) is 24.1 Å². The van der Waals surface area contributed by atoms with Gasteiger partial charge in [0, 0.05) is 41.6 Å². The third-order valence-corrected chi connectivity index (χ3v) is 5.81. The highest BCUT2D eigenvalue weighted by molar-refractivity contribution is 8.13. The predicted molar refractivity (Wildman–Crippen MR) is 91.9 cm³/mol. The van der Waals surface area contributed by atoms with Crippen LogP contribution in [0.1, 0.15) is 18.4 Å². The topological polar surface area (TPSA) is 84.4 Å². The number of aliphatic hydroxyl groups excluding tert-OH is 1. The van der Waals surface area contributed by atoms with Crippen LogP contribution in [0.25, 0.3) is 11.1 Å². The van der Waals surface area contributed by atoms with Gasteiger partial charge in [-0.15, -0.1) is 0 Å². The van der Waals surface area contributed by atoms with E-state index in [1.165, 1.54) is 24.2 Å². The van der Waals surface area contributed by atoms with Gasteiger partial charge in [0.15, 0.2) is 5.17 Å². The van der Waals surface area contributed by atoms with Crippen molar-refractivity contribution in [1.82, 2.24) is 9.97 Å². The summed E-state index contributed by atoms with van der Waals surface area (Å²) >= 11 is 1.52. The minimum atomic E-state index is -0.577. The van der Waals surface area contributed by atoms with Gasteiger partial charge in [0.2, 0.25) is 0 Å². The summed E-state index contributed by atoms with van der Waals surface area (Å²) in [7, 11) is 0. The van der Waals surface area contributed by atoms with E-state index < -0.39 is 11.6 Å². The molecule has 0 unspecified atom stereocenters. The molecule has 4 rings (SSSR count). The number of amidine groups is 1. The molecule has 0 saturated heterocycles. The molecule has 124 valence electrons. The third kappa shape index (κ3) is 2.48. The Morgan fingerprint density at radius 1 is 1.29 bits per heavy atom. The number of nitrogens with two attached hydrogens (primary N) is 1. The van der Waals surface area contributed by atoms with Gasteiger partial charge in [0.25, 0.3) is 0 Å². The quantitative estimate of drug-likeness (QED) is 0.873. The fraction of sp³-hybridized carbons (Fsp3) is 0.353. The molecule has 0 radical (unpaired) electrons. The Labute approximate surface area is 143 Å². The smallest absolute Gasteiger partial charge is 0.154 e. The molecule has 2 aromatic rings. The lowest BCUT2D eigenvalue weighted by atomic mass is 9.80. The molecular formula is C17H17FN4OS. The normalized spacial score (nSPS) is 29.2. The second-order valence-corrected chi connectivity index (χ2v) is 7.34. The van der Waals surface area contributed by atoms with Crippen LogP contribution >= 0.6 is 11.8 Å². The molecule has 1 aliphatic heterocycles. The molecule has 2 aliphatic rings. The third-order valence-electron chi connectivity index (χ3n) is 4.86. The molecule has 1 aliphatic carbocycles. The van der Waals surface area contributed by atoms with Crippen molar-refractivity contribution in [1.29, 1.82) is 0 Å². The number of hydrogen-bond donors (Lipinski definition) is 2. The molecular weight excluding hydrogens is 327 g/mol. The van der Waals surface area contributed by atoms with Gasteiger partial charge in [-0.1, -0.05) is 17.8 Å². The monoisotopic (exact) mass is 344 g/mol. The molecule has 3 atom stereocenters. The molecule has 3 N–H and O–H groups in total. The van der Waals surface area contributed by atoms with Crippen molar-refractivity contribution in [2.45, 2.75) is 24.5 Å². The number of hydrogen-bond acceptors (Lipinski definition) is 6. The standard InChI is InChI=1S/C17H17FN4OS/c18-15-2-1-11(4-14(15)10-6-20-9-21-7-10)17-5-13(23)3-12(17)8-24-16(19)22-17/h1-2,4,6-7,9,12-13,23H,3,5,8H2,(H2,19,22)/t12-,13+,17+/m0/s1. The van der Waals surface area contributed by atoms with Gasteiger partial charge in [-0.3, -0.25) is 4.99 Å². The number of aliphatic hydroxyl groups is 1. The van der Waals surface area contributed by atoms with Crippen LogP contribution in [0.2, 0.25) is 0 Å². The number of nitrogens with zero attached hydrogens (tertiary/aromatic N) is 3. The van der Waals surface area contributed by atoms with Crippen molar-refractivity contribution in [2.75, 3.05) is 5.75 Å². The summed E-state index contributed by atoms with van der Waals surface area (Å²) in [5.74, 6) is 0.672. The first-order chi connectivity index (χ1) is 11.6. The molecule has 0 spiro atoms. The summed E-state index contributed by atoms with van der Waals surface area (Å²) in [6.07, 6.45) is 5.36. The summed E-state index contributed by atoms with van der Waals surface area (Å²) in [5.41, 5.74) is 7.34. The Balaban J connectivity index is 1.86. The summed E-state index contributed by atoms with van der Waals surface area (Å²) in [6, 6.07) is 4.99. The van der Waals surface area contributed by atoms with Crippen LogP contribution in [-0.4, -0.2) is 32.1 Å². The minimum absolute atomic E-state index is 0.190. The van der Waals surface area contributed by atoms with E-state index in [-0.39, 0.29) is 11.7 Å². The molecule has 1 aromatic carbocycles. The van der Waals surface area contributed by atoms with Gasteiger partial charge < -0.3 is 10.8 Å². The number of rotatable bonds is 2. The van der Waals surface area contributed by atoms with Crippen LogP contribution in [0.4, 0.5) is 4.39 Å². The van der Waals surface area contributed by atoms with E-state index in [1.54, 1.807) is 24.5 Å². The maximum absolute atomic E-state index is 14.3. The zero-order valence-corrected chi connectivity index (χ0v) is 13.7. The van der Waals surface area contributed by atoms with E-state index in [0.29, 0.717) is 29.1 Å². The second kappa shape index (κ2) is 5.82. The molecule has 24 heavy (non-hydrogen) atoms. The average molecular weight is 344 g/mol. The van der Waals surface area contributed by atoms with Gasteiger partial charge in [-0.25, -0.2) is 14.4 Å². The zero-order chi connectivity index (χ0) is 16.7. The molecule has 0 bridgehead atoms. The maximum atomic E-state index is 14.3. The van der Waals surface area contributed by atoms with Crippen molar-refractivity contribution < 1.29 is 9.50 Å². The number of aromatic nitrogens is 2. The Morgan fingerprint density at radius 3 is 2.88 bits per heavy atom. The van der Waals surface area contributed by atoms with E-state index in [1.807, 2.05) is 0 Å². The zero-order valence-electron chi connectivity index (χ0n) is 12.9. The van der Waals surface area contributed by atoms with Gasteiger partial charge in [0.1, 0.15) is 12.1 Å². The highest BCUT2D eigenvalue weighted by Gasteiger charge is 2.50. The first-order valence-corrected chi connectivity index (χ1v) is 8.78. The number of fused-ring (bicyclic) bond motifs is 1. The summed E-state index contributed by atoms with van der Waals surface area (Å²) in [4.78, 5) is 12.6. The average Bonchev–Trinajstić information content (AvgIpc) is 2.92. The van der Waals surface area contributed by atoms with Crippen LogP contribution in [0.15, 0.2) is 41.9 Å². The highest BCUT2D eigenvalue weighted by Crippen LogP contribution is 2.51. The molecule has 1 fully saturated rings. The fourth-order valence-corrected chi connectivity index (χ4v) is 4.77. The van der Waals surface area contributed by atoms with Crippen molar-refractivity contribution >= 4 is 16.9 Å². The summed E-state index contributed by atoms with van der Waals surface area (Å²) in [5, 5.41) is 10.7. The number of halogens is 1. The van der Waals surface area contributed by atoms with Gasteiger partial charge in [0.05, 0.1) is 11.6 Å². The van der Waals surface area contributed by atoms with E-state index in [0.717, 1.165) is 11.3 Å². The van der Waals surface area contributed by atoms with Gasteiger partial charge in [-0.2, -0.15) is 0 Å². The SMILES string of the molecule is NC1=N[C@@]2(c3ccc(F)c(-c4cncnc4)c3)C[C@H](O)C[C@H]2CS1. The molecule has 2 heterocycles. The molecule has 1 aromatic heterocycles. The lowest BCUT2D eigenvalue weighted by Crippen LogP contribution is -2.36. The molecule has 5 nitrogen and oxygen atoms in total. The van der Waals surface area contributed by atoms with Crippen LogP contribution < -0.4 is 5.73 Å². The summed E-state index contributed by atoms with van der Waals surface area (Å²) < 4.78 is 14.3. The fourth-order valence-electron chi connectivity index (χ4n) is 3.76. The van der Waals surface area contributed by atoms with Crippen molar-refractivity contribution in [3.63, 3.8) is 0 Å². The van der Waals surface area contributed by atoms with E-state index in [9.17, 15) is 9.50 Å². The Hall–Kier alpha value is -1.99. The number of aliphatic imine (C=N–C) groups is 1. The molecule has 7 heteroatoms. The lowest BCUT2D eigenvalue weighted by molar-refractivity contribution is 0.173. The summed E-state index contributed by atoms with van der Waals surface area (Å²) in [6.45, 7) is 0. The van der Waals surface area contributed by atoms with Crippen molar-refractivity contribution in [3.05, 3.63) is 48.3 Å². The largest absolute Gasteiger partial charge is 0.393 e. The number of benzene rings is 1. The lowest BCUT2D eigenvalue weighted by Gasteiger charge is -2.35. The van der Waals surface area contributed by atoms with E-state index in [4.69, 9.17) is 10.7 Å². The van der Waals surface area contributed by atoms with Crippen LogP contribution in [0.5, 0.6) is 0 Å². The Morgan fingerprint density at radius 2 is 2.08 bits per heavy atom. The van der Waals surface area contributed by atoms with E-state index >= 15 is 0 Å². The van der Waals surface area contributed by atoms with Crippen LogP contribution in [-0.2, 0) is 5.54 Å². The first-order valence-electron chi connectivity index (χ1n) is 7.80. The van der Waals surface area contributed by atoms with Crippen molar-refractivity contribution in [2.24, 2.45) is 16.6 Å². The van der Waals surface area contributed by atoms with Crippen LogP contribution in [0.3, 0.4) is 0 Å². The predicted octanol–water partition coefficient (Wildman–Crippen LogP) is 2.31. The Kier molecular flexibility index (Phi) is 3.77. The second-order valence-electron chi connectivity index (χ2n) is 6.30. The number of thioether (sulfide) groups is 1. The Bertz CT molecular complexity index is 800. The maximum Gasteiger partial charge on any atom is 0.154 e. The minimum Gasteiger partial charge on any atom is -0.393 e.